The normalized spacial score (nSPS) is 10.3. The maximum Gasteiger partial charge on any atom is 0.269 e. The van der Waals surface area contributed by atoms with Crippen LogP contribution in [0.2, 0.25) is 0 Å². The summed E-state index contributed by atoms with van der Waals surface area (Å²) in [5.41, 5.74) is 2.75. The van der Waals surface area contributed by atoms with E-state index in [1.807, 2.05) is 37.3 Å². The van der Waals surface area contributed by atoms with E-state index in [0.29, 0.717) is 16.9 Å². The molecule has 0 fully saturated rings. The van der Waals surface area contributed by atoms with Crippen molar-refractivity contribution in [1.82, 2.24) is 0 Å². The molecule has 3 aromatic carbocycles. The number of nitrogens with zero attached hydrogens (tertiary/aromatic N) is 1. The summed E-state index contributed by atoms with van der Waals surface area (Å²) in [7, 11) is 0. The number of carbonyl (C=O) groups excluding carboxylic acids is 2. The third kappa shape index (κ3) is 5.92. The van der Waals surface area contributed by atoms with E-state index in [1.54, 1.807) is 18.2 Å². The van der Waals surface area contributed by atoms with Gasteiger partial charge in [-0.25, -0.2) is 0 Å². The highest BCUT2D eigenvalue weighted by Gasteiger charge is 2.08. The molecule has 0 bridgehead atoms. The summed E-state index contributed by atoms with van der Waals surface area (Å²) in [6.07, 6.45) is 0. The summed E-state index contributed by atoms with van der Waals surface area (Å²) in [6.45, 7) is 1.93. The Labute approximate surface area is 177 Å². The summed E-state index contributed by atoms with van der Waals surface area (Å²) in [5, 5.41) is 16.2. The van der Waals surface area contributed by atoms with E-state index < -0.39 is 4.92 Å². The van der Waals surface area contributed by atoms with E-state index >= 15 is 0 Å². The lowest BCUT2D eigenvalue weighted by Gasteiger charge is -2.08. The highest BCUT2D eigenvalue weighted by Crippen LogP contribution is 2.22. The van der Waals surface area contributed by atoms with Crippen LogP contribution in [-0.2, 0) is 4.79 Å². The molecular formula is C22H19N3O4S. The fourth-order valence-corrected chi connectivity index (χ4v) is 3.33. The van der Waals surface area contributed by atoms with Crippen molar-refractivity contribution in [2.75, 3.05) is 16.4 Å². The molecule has 30 heavy (non-hydrogen) atoms. The minimum absolute atomic E-state index is 0.0306. The minimum Gasteiger partial charge on any atom is -0.325 e. The summed E-state index contributed by atoms with van der Waals surface area (Å²) >= 11 is 1.35. The number of anilines is 2. The van der Waals surface area contributed by atoms with Gasteiger partial charge in [-0.05, 0) is 55.5 Å². The molecule has 152 valence electrons. The Morgan fingerprint density at radius 1 is 0.933 bits per heavy atom. The van der Waals surface area contributed by atoms with E-state index in [9.17, 15) is 19.7 Å². The lowest BCUT2D eigenvalue weighted by molar-refractivity contribution is -0.384. The number of nitro benzene ring substituents is 1. The number of carbonyl (C=O) groups is 2. The van der Waals surface area contributed by atoms with Gasteiger partial charge in [0.05, 0.1) is 10.7 Å². The fourth-order valence-electron chi connectivity index (χ4n) is 2.64. The van der Waals surface area contributed by atoms with Gasteiger partial charge in [-0.1, -0.05) is 17.7 Å². The molecule has 7 nitrogen and oxygen atoms in total. The number of hydrogen-bond donors (Lipinski definition) is 2. The molecule has 0 heterocycles. The molecule has 3 aromatic rings. The molecule has 0 aliphatic heterocycles. The van der Waals surface area contributed by atoms with Crippen LogP contribution in [-0.4, -0.2) is 22.5 Å². The molecule has 3 rings (SSSR count). The lowest BCUT2D eigenvalue weighted by atomic mass is 10.1. The molecule has 0 unspecified atom stereocenters. The van der Waals surface area contributed by atoms with E-state index in [-0.39, 0.29) is 23.3 Å². The molecule has 0 aromatic heterocycles. The third-order valence-corrected chi connectivity index (χ3v) is 5.14. The minimum atomic E-state index is -0.492. The van der Waals surface area contributed by atoms with Crippen LogP contribution in [0.3, 0.4) is 0 Å². The molecule has 0 radical (unpaired) electrons. The van der Waals surface area contributed by atoms with Crippen molar-refractivity contribution in [2.24, 2.45) is 0 Å². The topological polar surface area (TPSA) is 101 Å². The zero-order valence-electron chi connectivity index (χ0n) is 16.1. The summed E-state index contributed by atoms with van der Waals surface area (Å²) < 4.78 is 0. The number of benzene rings is 3. The Hall–Kier alpha value is -3.65. The van der Waals surface area contributed by atoms with Gasteiger partial charge in [-0.15, -0.1) is 11.8 Å². The Morgan fingerprint density at radius 3 is 2.20 bits per heavy atom. The smallest absolute Gasteiger partial charge is 0.269 e. The number of amides is 2. The summed E-state index contributed by atoms with van der Waals surface area (Å²) in [5.74, 6) is -0.210. The first-order valence-corrected chi connectivity index (χ1v) is 10.0. The molecule has 0 atom stereocenters. The highest BCUT2D eigenvalue weighted by molar-refractivity contribution is 8.00. The van der Waals surface area contributed by atoms with Crippen molar-refractivity contribution in [3.8, 4) is 0 Å². The van der Waals surface area contributed by atoms with Crippen LogP contribution < -0.4 is 10.6 Å². The predicted octanol–water partition coefficient (Wildman–Crippen LogP) is 4.89. The summed E-state index contributed by atoms with van der Waals surface area (Å²) in [4.78, 5) is 35.4. The molecule has 0 aliphatic rings. The first-order valence-electron chi connectivity index (χ1n) is 9.06. The van der Waals surface area contributed by atoms with Gasteiger partial charge in [0.15, 0.2) is 0 Å². The van der Waals surface area contributed by atoms with Crippen molar-refractivity contribution >= 4 is 40.6 Å². The maximum atomic E-state index is 12.3. The largest absolute Gasteiger partial charge is 0.325 e. The molecule has 0 saturated carbocycles. The second-order valence-corrected chi connectivity index (χ2v) is 7.54. The number of nitro groups is 1. The molecule has 2 N–H and O–H groups in total. The second-order valence-electron chi connectivity index (χ2n) is 6.49. The monoisotopic (exact) mass is 421 g/mol. The van der Waals surface area contributed by atoms with Crippen molar-refractivity contribution in [1.29, 1.82) is 0 Å². The molecule has 2 amide bonds. The molecule has 0 saturated heterocycles. The highest BCUT2D eigenvalue weighted by atomic mass is 32.2. The van der Waals surface area contributed by atoms with Crippen LogP contribution in [0.5, 0.6) is 0 Å². The Bertz CT molecular complexity index is 1070. The number of thioether (sulfide) groups is 1. The third-order valence-electron chi connectivity index (χ3n) is 4.12. The number of nitrogens with one attached hydrogen (secondary N) is 2. The fraction of sp³-hybridized carbons (Fsp3) is 0.0909. The molecule has 0 spiro atoms. The van der Waals surface area contributed by atoms with E-state index in [0.717, 1.165) is 10.5 Å². The van der Waals surface area contributed by atoms with Crippen molar-refractivity contribution in [3.05, 3.63) is 94.0 Å². The van der Waals surface area contributed by atoms with E-state index in [4.69, 9.17) is 0 Å². The average molecular weight is 421 g/mol. The van der Waals surface area contributed by atoms with Crippen LogP contribution in [0.15, 0.2) is 77.7 Å². The number of hydrogen-bond acceptors (Lipinski definition) is 5. The van der Waals surface area contributed by atoms with Gasteiger partial charge in [0.25, 0.3) is 11.6 Å². The number of rotatable bonds is 7. The van der Waals surface area contributed by atoms with Gasteiger partial charge in [0, 0.05) is 34.0 Å². The van der Waals surface area contributed by atoms with Crippen molar-refractivity contribution in [2.45, 2.75) is 11.8 Å². The van der Waals surface area contributed by atoms with Gasteiger partial charge < -0.3 is 10.6 Å². The standard InChI is InChI=1S/C22H19N3O4S/c1-15-3-2-4-16(13-15)22(27)24-18-7-11-20(12-8-18)30-14-21(26)23-17-5-9-19(10-6-17)25(28)29/h2-13H,14H2,1H3,(H,23,26)(H,24,27). The average Bonchev–Trinajstić information content (AvgIpc) is 2.73. The quantitative estimate of drug-likeness (QED) is 0.321. The molecule has 8 heteroatoms. The number of non-ortho nitro benzene ring substituents is 1. The van der Waals surface area contributed by atoms with Crippen LogP contribution in [0.1, 0.15) is 15.9 Å². The Morgan fingerprint density at radius 2 is 1.57 bits per heavy atom. The zero-order chi connectivity index (χ0) is 21.5. The van der Waals surface area contributed by atoms with Crippen LogP contribution in [0.25, 0.3) is 0 Å². The van der Waals surface area contributed by atoms with Crippen molar-refractivity contribution in [3.63, 3.8) is 0 Å². The number of aryl methyl sites for hydroxylation is 1. The lowest BCUT2D eigenvalue weighted by Crippen LogP contribution is -2.14. The predicted molar refractivity (Wildman–Crippen MR) is 118 cm³/mol. The van der Waals surface area contributed by atoms with E-state index in [2.05, 4.69) is 10.6 Å². The first kappa shape index (κ1) is 21.1. The Balaban J connectivity index is 1.49. The van der Waals surface area contributed by atoms with E-state index in [1.165, 1.54) is 36.0 Å². The van der Waals surface area contributed by atoms with Gasteiger partial charge in [-0.2, -0.15) is 0 Å². The first-order chi connectivity index (χ1) is 14.4. The zero-order valence-corrected chi connectivity index (χ0v) is 16.9. The van der Waals surface area contributed by atoms with Gasteiger partial charge in [-0.3, -0.25) is 19.7 Å². The van der Waals surface area contributed by atoms with Gasteiger partial charge >= 0.3 is 0 Å². The van der Waals surface area contributed by atoms with Crippen LogP contribution >= 0.6 is 11.8 Å². The van der Waals surface area contributed by atoms with Gasteiger partial charge in [0.1, 0.15) is 0 Å². The van der Waals surface area contributed by atoms with Crippen molar-refractivity contribution < 1.29 is 14.5 Å². The SMILES string of the molecule is Cc1cccc(C(=O)Nc2ccc(SCC(=O)Nc3ccc([N+](=O)[O-])cc3)cc2)c1. The van der Waals surface area contributed by atoms with Crippen LogP contribution in [0, 0.1) is 17.0 Å². The molecular weight excluding hydrogens is 402 g/mol. The van der Waals surface area contributed by atoms with Gasteiger partial charge in [0.2, 0.25) is 5.91 Å². The second kappa shape index (κ2) is 9.71. The summed E-state index contributed by atoms with van der Waals surface area (Å²) in [6, 6.07) is 20.2. The Kier molecular flexibility index (Phi) is 6.82. The molecule has 0 aliphatic carbocycles. The maximum absolute atomic E-state index is 12.3. The van der Waals surface area contributed by atoms with Crippen LogP contribution in [0.4, 0.5) is 17.1 Å².